The van der Waals surface area contributed by atoms with Crippen molar-refractivity contribution in [1.29, 1.82) is 0 Å². The molecule has 0 aliphatic carbocycles. The molecule has 1 unspecified atom stereocenters. The monoisotopic (exact) mass is 440 g/mol. The number of nitrogens with zero attached hydrogens (tertiary/aromatic N) is 2. The van der Waals surface area contributed by atoms with Gasteiger partial charge in [0.2, 0.25) is 0 Å². The molecule has 1 aromatic rings. The predicted octanol–water partition coefficient (Wildman–Crippen LogP) is 2.67. The fraction of sp³-hybridized carbons (Fsp3) is 0.389. The molecule has 26 heavy (non-hydrogen) atoms. The zero-order valence-corrected chi connectivity index (χ0v) is 17.3. The minimum Gasteiger partial charge on any atom is -0.463 e. The second-order valence-corrected chi connectivity index (χ2v) is 8.38. The molecular weight excluding hydrogens is 420 g/mol. The standard InChI is InChI=1S/C18H21BrN2O4S/c1-4-6-11-20-13-17(18(22)25-5-2)14(3)21(26(20,23)24)12-15-7-9-16(19)10-8-15/h7-10,13-14H,5,11-12H2,1-3H3. The van der Waals surface area contributed by atoms with E-state index in [0.29, 0.717) is 0 Å². The first-order valence-corrected chi connectivity index (χ1v) is 10.3. The van der Waals surface area contributed by atoms with Crippen LogP contribution in [0.5, 0.6) is 0 Å². The molecule has 1 aromatic carbocycles. The lowest BCUT2D eigenvalue weighted by molar-refractivity contribution is -0.139. The number of hydrogen-bond acceptors (Lipinski definition) is 4. The van der Waals surface area contributed by atoms with Gasteiger partial charge in [-0.3, -0.25) is 4.31 Å². The number of ether oxygens (including phenoxy) is 1. The summed E-state index contributed by atoms with van der Waals surface area (Å²) in [6, 6.07) is 6.72. The molecule has 0 saturated carbocycles. The van der Waals surface area contributed by atoms with Gasteiger partial charge in [-0.1, -0.05) is 34.0 Å². The van der Waals surface area contributed by atoms with E-state index in [-0.39, 0.29) is 25.3 Å². The number of hydrogen-bond donors (Lipinski definition) is 0. The molecule has 0 spiro atoms. The van der Waals surface area contributed by atoms with Crippen molar-refractivity contribution in [3.8, 4) is 11.8 Å². The molecule has 1 aliphatic heterocycles. The van der Waals surface area contributed by atoms with Crippen LogP contribution in [0.2, 0.25) is 0 Å². The van der Waals surface area contributed by atoms with Gasteiger partial charge in [0, 0.05) is 17.2 Å². The Balaban J connectivity index is 2.43. The van der Waals surface area contributed by atoms with Crippen molar-refractivity contribution in [2.75, 3.05) is 13.2 Å². The number of carbonyl (C=O) groups is 1. The summed E-state index contributed by atoms with van der Waals surface area (Å²) in [6.45, 7) is 5.37. The smallest absolute Gasteiger partial charge is 0.337 e. The van der Waals surface area contributed by atoms with E-state index in [9.17, 15) is 13.2 Å². The molecule has 1 aliphatic rings. The molecule has 6 nitrogen and oxygen atoms in total. The Hall–Kier alpha value is -1.82. The Morgan fingerprint density at radius 1 is 1.31 bits per heavy atom. The second-order valence-electron chi connectivity index (χ2n) is 5.63. The van der Waals surface area contributed by atoms with Crippen molar-refractivity contribution in [3.05, 3.63) is 46.1 Å². The highest BCUT2D eigenvalue weighted by molar-refractivity contribution is 9.10. The molecule has 0 radical (unpaired) electrons. The molecule has 2 rings (SSSR count). The molecule has 8 heteroatoms. The quantitative estimate of drug-likeness (QED) is 0.521. The Kier molecular flexibility index (Phi) is 6.87. The van der Waals surface area contributed by atoms with Gasteiger partial charge >= 0.3 is 16.2 Å². The van der Waals surface area contributed by atoms with E-state index in [0.717, 1.165) is 14.3 Å². The normalized spacial score (nSPS) is 19.3. The summed E-state index contributed by atoms with van der Waals surface area (Å²) in [5.74, 6) is 4.89. The van der Waals surface area contributed by atoms with Gasteiger partial charge in [-0.2, -0.15) is 12.7 Å². The highest BCUT2D eigenvalue weighted by Gasteiger charge is 2.40. The maximum Gasteiger partial charge on any atom is 0.337 e. The van der Waals surface area contributed by atoms with E-state index >= 15 is 0 Å². The first-order valence-electron chi connectivity index (χ1n) is 8.12. The van der Waals surface area contributed by atoms with Gasteiger partial charge in [0.25, 0.3) is 0 Å². The van der Waals surface area contributed by atoms with Crippen molar-refractivity contribution < 1.29 is 17.9 Å². The average molecular weight is 441 g/mol. The minimum absolute atomic E-state index is 0.0225. The van der Waals surface area contributed by atoms with Gasteiger partial charge in [0.15, 0.2) is 0 Å². The number of benzene rings is 1. The summed E-state index contributed by atoms with van der Waals surface area (Å²) < 4.78 is 34.4. The molecule has 0 amide bonds. The van der Waals surface area contributed by atoms with E-state index in [1.165, 1.54) is 10.5 Å². The van der Waals surface area contributed by atoms with Gasteiger partial charge in [-0.15, -0.1) is 5.92 Å². The molecule has 1 heterocycles. The Labute approximate surface area is 163 Å². The fourth-order valence-corrected chi connectivity index (χ4v) is 4.36. The van der Waals surface area contributed by atoms with Gasteiger partial charge in [-0.25, -0.2) is 4.79 Å². The highest BCUT2D eigenvalue weighted by Crippen LogP contribution is 2.28. The van der Waals surface area contributed by atoms with E-state index in [1.54, 1.807) is 20.8 Å². The number of carbonyl (C=O) groups excluding carboxylic acids is 1. The lowest BCUT2D eigenvalue weighted by Gasteiger charge is -2.37. The molecule has 0 aromatic heterocycles. The Morgan fingerprint density at radius 3 is 2.54 bits per heavy atom. The van der Waals surface area contributed by atoms with Gasteiger partial charge < -0.3 is 4.74 Å². The minimum atomic E-state index is -3.81. The molecule has 0 fully saturated rings. The predicted molar refractivity (Wildman–Crippen MR) is 103 cm³/mol. The zero-order valence-electron chi connectivity index (χ0n) is 14.9. The molecule has 1 atom stereocenters. The first kappa shape index (κ1) is 20.5. The third kappa shape index (κ3) is 4.47. The van der Waals surface area contributed by atoms with E-state index < -0.39 is 22.2 Å². The summed E-state index contributed by atoms with van der Waals surface area (Å²) in [5.41, 5.74) is 1.10. The average Bonchev–Trinajstić information content (AvgIpc) is 2.59. The topological polar surface area (TPSA) is 66.9 Å². The third-order valence-corrected chi connectivity index (χ3v) is 6.33. The van der Waals surface area contributed by atoms with Crippen LogP contribution in [0.25, 0.3) is 0 Å². The van der Waals surface area contributed by atoms with Crippen LogP contribution in [0.4, 0.5) is 0 Å². The summed E-state index contributed by atoms with van der Waals surface area (Å²) in [5, 5.41) is 0. The van der Waals surface area contributed by atoms with Crippen LogP contribution in [0.1, 0.15) is 26.3 Å². The Morgan fingerprint density at radius 2 is 1.96 bits per heavy atom. The SMILES string of the molecule is CC#CCN1C=C(C(=O)OCC)C(C)N(Cc2ccc(Br)cc2)S1(=O)=O. The first-order chi connectivity index (χ1) is 12.3. The molecule has 0 saturated heterocycles. The molecular formula is C18H21BrN2O4S. The largest absolute Gasteiger partial charge is 0.463 e. The maximum absolute atomic E-state index is 13.0. The van der Waals surface area contributed by atoms with Crippen molar-refractivity contribution >= 4 is 32.1 Å². The summed E-state index contributed by atoms with van der Waals surface area (Å²) >= 11 is 3.36. The summed E-state index contributed by atoms with van der Waals surface area (Å²) in [7, 11) is -3.81. The van der Waals surface area contributed by atoms with Crippen LogP contribution >= 0.6 is 15.9 Å². The molecule has 140 valence electrons. The van der Waals surface area contributed by atoms with Gasteiger partial charge in [0.05, 0.1) is 24.8 Å². The lowest BCUT2D eigenvalue weighted by atomic mass is 10.1. The maximum atomic E-state index is 13.0. The van der Waals surface area contributed by atoms with Crippen LogP contribution in [0.15, 0.2) is 40.5 Å². The van der Waals surface area contributed by atoms with E-state index in [4.69, 9.17) is 4.74 Å². The second kappa shape index (κ2) is 8.71. The van der Waals surface area contributed by atoms with Crippen LogP contribution < -0.4 is 0 Å². The number of halogens is 1. The molecule has 0 bridgehead atoms. The Bertz CT molecular complexity index is 853. The van der Waals surface area contributed by atoms with Crippen LogP contribution in [0.3, 0.4) is 0 Å². The van der Waals surface area contributed by atoms with Crippen LogP contribution in [-0.2, 0) is 26.3 Å². The number of esters is 1. The van der Waals surface area contributed by atoms with Crippen molar-refractivity contribution in [2.45, 2.75) is 33.4 Å². The van der Waals surface area contributed by atoms with Crippen molar-refractivity contribution in [1.82, 2.24) is 8.61 Å². The van der Waals surface area contributed by atoms with Crippen molar-refractivity contribution in [3.63, 3.8) is 0 Å². The van der Waals surface area contributed by atoms with Crippen LogP contribution in [0, 0.1) is 11.8 Å². The van der Waals surface area contributed by atoms with Crippen molar-refractivity contribution in [2.24, 2.45) is 0 Å². The summed E-state index contributed by atoms with van der Waals surface area (Å²) in [4.78, 5) is 12.3. The van der Waals surface area contributed by atoms with Gasteiger partial charge in [-0.05, 0) is 38.5 Å². The molecule has 0 N–H and O–H groups in total. The number of rotatable bonds is 5. The fourth-order valence-electron chi connectivity index (χ4n) is 2.53. The van der Waals surface area contributed by atoms with Crippen LogP contribution in [-0.4, -0.2) is 42.2 Å². The van der Waals surface area contributed by atoms with E-state index in [2.05, 4.69) is 27.8 Å². The lowest BCUT2D eigenvalue weighted by Crippen LogP contribution is -2.51. The third-order valence-electron chi connectivity index (χ3n) is 3.93. The van der Waals surface area contributed by atoms with E-state index in [1.807, 2.05) is 24.3 Å². The highest BCUT2D eigenvalue weighted by atomic mass is 79.9. The van der Waals surface area contributed by atoms with Gasteiger partial charge in [0.1, 0.15) is 0 Å². The zero-order chi connectivity index (χ0) is 19.3. The summed E-state index contributed by atoms with van der Waals surface area (Å²) in [6.07, 6.45) is 1.33.